The molecule has 0 fully saturated rings. The molecule has 3 aromatic rings. The van der Waals surface area contributed by atoms with Crippen molar-refractivity contribution in [3.05, 3.63) is 56.2 Å². The molecule has 0 aliphatic carbocycles. The smallest absolute Gasteiger partial charge is 0.156 e. The second-order valence-electron chi connectivity index (χ2n) is 4.13. The van der Waals surface area contributed by atoms with Crippen LogP contribution in [0.2, 0.25) is 15.1 Å². The largest absolute Gasteiger partial charge is 0.453 e. The SMILES string of the molecule is Clc1cc(Cl)c(Oc2ccnc3cc(Br)cnc23)cc1Cl. The molecule has 0 bridgehead atoms. The Bertz CT molecular complexity index is 842. The van der Waals surface area contributed by atoms with Gasteiger partial charge >= 0.3 is 0 Å². The van der Waals surface area contributed by atoms with Crippen LogP contribution in [0, 0.1) is 0 Å². The van der Waals surface area contributed by atoms with Crippen LogP contribution in [0.4, 0.5) is 0 Å². The van der Waals surface area contributed by atoms with Crippen LogP contribution >= 0.6 is 50.7 Å². The molecule has 21 heavy (non-hydrogen) atoms. The lowest BCUT2D eigenvalue weighted by atomic mass is 10.3. The molecule has 0 aliphatic rings. The zero-order valence-electron chi connectivity index (χ0n) is 10.3. The number of aromatic nitrogens is 2. The maximum atomic E-state index is 6.12. The number of fused-ring (bicyclic) bond motifs is 1. The summed E-state index contributed by atoms with van der Waals surface area (Å²) in [6.45, 7) is 0. The molecular weight excluding hydrogens is 398 g/mol. The third-order valence-electron chi connectivity index (χ3n) is 2.70. The van der Waals surface area contributed by atoms with Gasteiger partial charge in [-0.15, -0.1) is 0 Å². The van der Waals surface area contributed by atoms with Crippen LogP contribution in [0.25, 0.3) is 11.0 Å². The first-order chi connectivity index (χ1) is 10.0. The van der Waals surface area contributed by atoms with Gasteiger partial charge in [0, 0.05) is 29.0 Å². The molecule has 3 rings (SSSR count). The van der Waals surface area contributed by atoms with Crippen molar-refractivity contribution in [3.63, 3.8) is 0 Å². The Balaban J connectivity index is 2.08. The van der Waals surface area contributed by atoms with E-state index in [4.69, 9.17) is 39.5 Å². The van der Waals surface area contributed by atoms with Crippen LogP contribution in [0.1, 0.15) is 0 Å². The van der Waals surface area contributed by atoms with Gasteiger partial charge in [0.25, 0.3) is 0 Å². The van der Waals surface area contributed by atoms with Crippen molar-refractivity contribution < 1.29 is 4.74 Å². The maximum Gasteiger partial charge on any atom is 0.156 e. The minimum Gasteiger partial charge on any atom is -0.453 e. The Labute approximate surface area is 144 Å². The number of rotatable bonds is 2. The number of hydrogen-bond acceptors (Lipinski definition) is 3. The molecular formula is C14H6BrCl3N2O. The van der Waals surface area contributed by atoms with Gasteiger partial charge in [0.15, 0.2) is 5.75 Å². The lowest BCUT2D eigenvalue weighted by Crippen LogP contribution is -1.91. The van der Waals surface area contributed by atoms with Crippen molar-refractivity contribution in [2.75, 3.05) is 0 Å². The highest BCUT2D eigenvalue weighted by molar-refractivity contribution is 9.10. The highest BCUT2D eigenvalue weighted by Crippen LogP contribution is 2.37. The third kappa shape index (κ3) is 3.09. The summed E-state index contributed by atoms with van der Waals surface area (Å²) in [5.41, 5.74) is 1.33. The summed E-state index contributed by atoms with van der Waals surface area (Å²) >= 11 is 21.4. The Morgan fingerprint density at radius 1 is 0.905 bits per heavy atom. The van der Waals surface area contributed by atoms with Crippen molar-refractivity contribution in [1.29, 1.82) is 0 Å². The summed E-state index contributed by atoms with van der Waals surface area (Å²) in [6, 6.07) is 6.67. The molecule has 0 N–H and O–H groups in total. The molecule has 0 unspecified atom stereocenters. The van der Waals surface area contributed by atoms with Crippen LogP contribution in [-0.2, 0) is 0 Å². The Hall–Kier alpha value is -1.07. The van der Waals surface area contributed by atoms with Crippen LogP contribution in [-0.4, -0.2) is 9.97 Å². The van der Waals surface area contributed by atoms with Gasteiger partial charge in [0.05, 0.1) is 20.6 Å². The van der Waals surface area contributed by atoms with Crippen molar-refractivity contribution in [2.45, 2.75) is 0 Å². The van der Waals surface area contributed by atoms with Crippen molar-refractivity contribution in [3.8, 4) is 11.5 Å². The summed E-state index contributed by atoms with van der Waals surface area (Å²) in [5, 5.41) is 1.10. The van der Waals surface area contributed by atoms with Crippen molar-refractivity contribution >= 4 is 61.8 Å². The molecule has 3 nitrogen and oxygen atoms in total. The van der Waals surface area contributed by atoms with Crippen molar-refractivity contribution in [2.24, 2.45) is 0 Å². The monoisotopic (exact) mass is 402 g/mol. The molecule has 106 valence electrons. The minimum absolute atomic E-state index is 0.366. The van der Waals surface area contributed by atoms with Gasteiger partial charge in [0.1, 0.15) is 11.3 Å². The molecule has 2 heterocycles. The molecule has 7 heteroatoms. The lowest BCUT2D eigenvalue weighted by Gasteiger charge is -2.10. The van der Waals surface area contributed by atoms with E-state index in [0.717, 1.165) is 4.47 Å². The molecule has 0 atom stereocenters. The lowest BCUT2D eigenvalue weighted by molar-refractivity contribution is 0.487. The van der Waals surface area contributed by atoms with Crippen LogP contribution in [0.3, 0.4) is 0 Å². The summed E-state index contributed by atoms with van der Waals surface area (Å²) in [5.74, 6) is 0.941. The fourth-order valence-electron chi connectivity index (χ4n) is 1.76. The van der Waals surface area contributed by atoms with Gasteiger partial charge in [0.2, 0.25) is 0 Å². The number of ether oxygens (including phenoxy) is 1. The van der Waals surface area contributed by atoms with Gasteiger partial charge in [-0.3, -0.25) is 4.98 Å². The van der Waals surface area contributed by atoms with Gasteiger partial charge in [-0.25, -0.2) is 4.98 Å². The second-order valence-corrected chi connectivity index (χ2v) is 6.27. The van der Waals surface area contributed by atoms with E-state index in [-0.39, 0.29) is 0 Å². The van der Waals surface area contributed by atoms with E-state index in [1.807, 2.05) is 6.07 Å². The minimum atomic E-state index is 0.366. The Kier molecular flexibility index (Phi) is 4.22. The number of halogens is 4. The van der Waals surface area contributed by atoms with Crippen LogP contribution in [0.15, 0.2) is 41.1 Å². The molecule has 0 saturated carbocycles. The number of hydrogen-bond donors (Lipinski definition) is 0. The summed E-state index contributed by atoms with van der Waals surface area (Å²) in [7, 11) is 0. The highest BCUT2D eigenvalue weighted by atomic mass is 79.9. The van der Waals surface area contributed by atoms with Gasteiger partial charge < -0.3 is 4.74 Å². The predicted octanol–water partition coefficient (Wildman–Crippen LogP) is 6.14. The van der Waals surface area contributed by atoms with E-state index in [9.17, 15) is 0 Å². The first-order valence-electron chi connectivity index (χ1n) is 5.77. The van der Waals surface area contributed by atoms with E-state index in [1.54, 1.807) is 24.5 Å². The van der Waals surface area contributed by atoms with E-state index >= 15 is 0 Å². The molecule has 0 aliphatic heterocycles. The van der Waals surface area contributed by atoms with E-state index in [1.165, 1.54) is 6.07 Å². The van der Waals surface area contributed by atoms with Crippen LogP contribution < -0.4 is 4.74 Å². The average molecular weight is 404 g/mol. The van der Waals surface area contributed by atoms with E-state index in [2.05, 4.69) is 25.9 Å². The molecule has 0 saturated heterocycles. The standard InChI is InChI=1S/C14H6BrCl3N2O/c15-7-3-11-14(20-6-7)12(1-2-19-11)21-13-5-9(17)8(16)4-10(13)18/h1-6H. The quantitative estimate of drug-likeness (QED) is 0.481. The summed E-state index contributed by atoms with van der Waals surface area (Å²) in [6.07, 6.45) is 3.31. The molecule has 1 aromatic carbocycles. The normalized spacial score (nSPS) is 10.9. The summed E-state index contributed by atoms with van der Waals surface area (Å²) < 4.78 is 6.65. The van der Waals surface area contributed by atoms with Gasteiger partial charge in [-0.05, 0) is 28.1 Å². The number of pyridine rings is 2. The zero-order chi connectivity index (χ0) is 15.0. The Morgan fingerprint density at radius 3 is 2.48 bits per heavy atom. The van der Waals surface area contributed by atoms with E-state index in [0.29, 0.717) is 37.6 Å². The number of benzene rings is 1. The molecule has 2 aromatic heterocycles. The van der Waals surface area contributed by atoms with E-state index < -0.39 is 0 Å². The molecule has 0 radical (unpaired) electrons. The topological polar surface area (TPSA) is 35.0 Å². The fourth-order valence-corrected chi connectivity index (χ4v) is 2.66. The second kappa shape index (κ2) is 5.97. The third-order valence-corrected chi connectivity index (χ3v) is 4.15. The van der Waals surface area contributed by atoms with Gasteiger partial charge in [-0.2, -0.15) is 0 Å². The molecule has 0 spiro atoms. The van der Waals surface area contributed by atoms with Crippen LogP contribution in [0.5, 0.6) is 11.5 Å². The Morgan fingerprint density at radius 2 is 1.67 bits per heavy atom. The first kappa shape index (κ1) is 14.9. The first-order valence-corrected chi connectivity index (χ1v) is 7.70. The number of nitrogens with zero attached hydrogens (tertiary/aromatic N) is 2. The zero-order valence-corrected chi connectivity index (χ0v) is 14.1. The predicted molar refractivity (Wildman–Crippen MR) is 88.8 cm³/mol. The maximum absolute atomic E-state index is 6.12. The van der Waals surface area contributed by atoms with Crippen molar-refractivity contribution in [1.82, 2.24) is 9.97 Å². The molecule has 0 amide bonds. The average Bonchev–Trinajstić information content (AvgIpc) is 2.44. The highest BCUT2D eigenvalue weighted by Gasteiger charge is 2.11. The summed E-state index contributed by atoms with van der Waals surface area (Å²) in [4.78, 5) is 8.56. The fraction of sp³-hybridized carbons (Fsp3) is 0. The van der Waals surface area contributed by atoms with Gasteiger partial charge in [-0.1, -0.05) is 34.8 Å².